The third-order valence-corrected chi connectivity index (χ3v) is 3.52. The molecule has 0 fully saturated rings. The van der Waals surface area contributed by atoms with E-state index in [9.17, 15) is 0 Å². The Bertz CT molecular complexity index is 750. The number of benzene rings is 1. The van der Waals surface area contributed by atoms with E-state index in [1.807, 2.05) is 37.3 Å². The monoisotopic (exact) mass is 284 g/mol. The first kappa shape index (κ1) is 12.7. The Labute approximate surface area is 121 Å². The number of aryl methyl sites for hydroxylation is 1. The molecule has 3 rings (SSSR count). The number of nitrogen functional groups attached to an aromatic ring is 1. The molecule has 0 amide bonds. The molecule has 0 unspecified atom stereocenters. The fraction of sp³-hybridized carbons (Fsp3) is 0.0667. The van der Waals surface area contributed by atoms with Crippen molar-refractivity contribution in [2.75, 3.05) is 5.73 Å². The van der Waals surface area contributed by atoms with E-state index in [2.05, 4.69) is 10.1 Å². The first-order valence-corrected chi connectivity index (χ1v) is 6.55. The van der Waals surface area contributed by atoms with Gasteiger partial charge in [-0.05, 0) is 36.8 Å². The number of nitrogens with two attached hydrogens (primary N) is 1. The highest BCUT2D eigenvalue weighted by atomic mass is 35.5. The largest absolute Gasteiger partial charge is 0.396 e. The van der Waals surface area contributed by atoms with E-state index < -0.39 is 0 Å². The molecule has 2 heterocycles. The van der Waals surface area contributed by atoms with Gasteiger partial charge in [0.2, 0.25) is 0 Å². The Balaban J connectivity index is 2.06. The first-order chi connectivity index (χ1) is 9.65. The maximum absolute atomic E-state index is 6.15. The molecule has 0 atom stereocenters. The van der Waals surface area contributed by atoms with Crippen LogP contribution in [0.3, 0.4) is 0 Å². The van der Waals surface area contributed by atoms with Crippen LogP contribution in [0.5, 0.6) is 0 Å². The lowest BCUT2D eigenvalue weighted by atomic mass is 10.2. The van der Waals surface area contributed by atoms with Crippen molar-refractivity contribution in [1.29, 1.82) is 0 Å². The van der Waals surface area contributed by atoms with Crippen LogP contribution in [0.1, 0.15) is 5.56 Å². The minimum atomic E-state index is 0.618. The van der Waals surface area contributed by atoms with E-state index >= 15 is 0 Å². The van der Waals surface area contributed by atoms with Gasteiger partial charge in [0.15, 0.2) is 0 Å². The number of pyridine rings is 1. The summed E-state index contributed by atoms with van der Waals surface area (Å²) in [5, 5.41) is 5.24. The molecule has 0 radical (unpaired) electrons. The van der Waals surface area contributed by atoms with Crippen molar-refractivity contribution in [2.24, 2.45) is 0 Å². The van der Waals surface area contributed by atoms with Crippen molar-refractivity contribution in [3.05, 3.63) is 59.5 Å². The Hall–Kier alpha value is -2.33. The Morgan fingerprint density at radius 2 is 1.90 bits per heavy atom. The second-order valence-corrected chi connectivity index (χ2v) is 4.95. The Kier molecular flexibility index (Phi) is 3.16. The molecular formula is C15H13ClN4. The molecular weight excluding hydrogens is 272 g/mol. The van der Waals surface area contributed by atoms with E-state index in [0.29, 0.717) is 10.7 Å². The molecule has 100 valence electrons. The smallest absolute Gasteiger partial charge is 0.116 e. The van der Waals surface area contributed by atoms with Crippen molar-refractivity contribution < 1.29 is 0 Å². The van der Waals surface area contributed by atoms with Crippen LogP contribution in [0.15, 0.2) is 48.9 Å². The topological polar surface area (TPSA) is 56.7 Å². The van der Waals surface area contributed by atoms with Crippen molar-refractivity contribution in [3.8, 4) is 16.9 Å². The van der Waals surface area contributed by atoms with Crippen LogP contribution in [-0.2, 0) is 0 Å². The zero-order valence-electron chi connectivity index (χ0n) is 10.9. The molecule has 0 spiro atoms. The second kappa shape index (κ2) is 4.98. The Morgan fingerprint density at radius 3 is 2.60 bits per heavy atom. The highest BCUT2D eigenvalue weighted by Gasteiger charge is 2.10. The molecule has 0 bridgehead atoms. The van der Waals surface area contributed by atoms with Crippen LogP contribution in [0, 0.1) is 6.92 Å². The third-order valence-electron chi connectivity index (χ3n) is 3.12. The summed E-state index contributed by atoms with van der Waals surface area (Å²) in [4.78, 5) is 3.99. The van der Waals surface area contributed by atoms with Gasteiger partial charge in [-0.15, -0.1) is 0 Å². The summed E-state index contributed by atoms with van der Waals surface area (Å²) in [5.41, 5.74) is 10.3. The average molecular weight is 285 g/mol. The van der Waals surface area contributed by atoms with Gasteiger partial charge in [-0.1, -0.05) is 17.7 Å². The molecule has 0 saturated heterocycles. The fourth-order valence-corrected chi connectivity index (χ4v) is 2.15. The predicted molar refractivity (Wildman–Crippen MR) is 81.0 cm³/mol. The van der Waals surface area contributed by atoms with Crippen LogP contribution in [-0.4, -0.2) is 14.8 Å². The lowest BCUT2D eigenvalue weighted by Crippen LogP contribution is -1.95. The van der Waals surface area contributed by atoms with Crippen LogP contribution >= 0.6 is 11.6 Å². The van der Waals surface area contributed by atoms with Gasteiger partial charge in [-0.2, -0.15) is 5.10 Å². The summed E-state index contributed by atoms with van der Waals surface area (Å²) < 4.78 is 1.73. The zero-order valence-corrected chi connectivity index (χ0v) is 11.7. The first-order valence-electron chi connectivity index (χ1n) is 6.17. The molecule has 4 nitrogen and oxygen atoms in total. The predicted octanol–water partition coefficient (Wildman–Crippen LogP) is 3.48. The van der Waals surface area contributed by atoms with E-state index in [1.165, 1.54) is 0 Å². The van der Waals surface area contributed by atoms with E-state index in [1.54, 1.807) is 23.3 Å². The minimum Gasteiger partial charge on any atom is -0.396 e. The lowest BCUT2D eigenvalue weighted by molar-refractivity contribution is 0.884. The number of nitrogens with zero attached hydrogens (tertiary/aromatic N) is 3. The molecule has 5 heteroatoms. The lowest BCUT2D eigenvalue weighted by Gasteiger charge is -2.03. The van der Waals surface area contributed by atoms with Crippen LogP contribution in [0.2, 0.25) is 5.02 Å². The minimum absolute atomic E-state index is 0.618. The zero-order chi connectivity index (χ0) is 14.1. The van der Waals surface area contributed by atoms with Crippen LogP contribution in [0.4, 0.5) is 5.69 Å². The molecule has 3 aromatic rings. The molecule has 2 N–H and O–H groups in total. The number of hydrogen-bond donors (Lipinski definition) is 1. The van der Waals surface area contributed by atoms with Crippen molar-refractivity contribution in [3.63, 3.8) is 0 Å². The second-order valence-electron chi connectivity index (χ2n) is 4.55. The molecule has 2 aromatic heterocycles. The van der Waals surface area contributed by atoms with Crippen LogP contribution < -0.4 is 5.73 Å². The SMILES string of the molecule is Cc1ccc(-n2cc(N)c(-c3ccncc3)n2)cc1Cl. The van der Waals surface area contributed by atoms with Gasteiger partial charge in [0.25, 0.3) is 0 Å². The number of hydrogen-bond acceptors (Lipinski definition) is 3. The highest BCUT2D eigenvalue weighted by molar-refractivity contribution is 6.31. The summed E-state index contributed by atoms with van der Waals surface area (Å²) in [5.74, 6) is 0. The summed E-state index contributed by atoms with van der Waals surface area (Å²) in [7, 11) is 0. The van der Waals surface area contributed by atoms with Gasteiger partial charge in [-0.25, -0.2) is 4.68 Å². The highest BCUT2D eigenvalue weighted by Crippen LogP contribution is 2.26. The van der Waals surface area contributed by atoms with Gasteiger partial charge in [0.1, 0.15) is 5.69 Å². The van der Waals surface area contributed by atoms with E-state index in [4.69, 9.17) is 17.3 Å². The number of halogens is 1. The maximum atomic E-state index is 6.15. The van der Waals surface area contributed by atoms with Crippen molar-refractivity contribution in [1.82, 2.24) is 14.8 Å². The van der Waals surface area contributed by atoms with Gasteiger partial charge in [-0.3, -0.25) is 4.98 Å². The fourth-order valence-electron chi connectivity index (χ4n) is 1.98. The van der Waals surface area contributed by atoms with E-state index in [0.717, 1.165) is 22.5 Å². The van der Waals surface area contributed by atoms with Gasteiger partial charge < -0.3 is 5.73 Å². The van der Waals surface area contributed by atoms with Gasteiger partial charge >= 0.3 is 0 Å². The molecule has 20 heavy (non-hydrogen) atoms. The quantitative estimate of drug-likeness (QED) is 0.784. The molecule has 0 aliphatic heterocycles. The third kappa shape index (κ3) is 2.26. The van der Waals surface area contributed by atoms with Crippen molar-refractivity contribution >= 4 is 17.3 Å². The molecule has 0 saturated carbocycles. The molecule has 0 aliphatic carbocycles. The maximum Gasteiger partial charge on any atom is 0.116 e. The summed E-state index contributed by atoms with van der Waals surface area (Å²) in [6.45, 7) is 1.96. The van der Waals surface area contributed by atoms with Crippen molar-refractivity contribution in [2.45, 2.75) is 6.92 Å². The Morgan fingerprint density at radius 1 is 1.15 bits per heavy atom. The molecule has 0 aliphatic rings. The van der Waals surface area contributed by atoms with Gasteiger partial charge in [0.05, 0.1) is 17.6 Å². The van der Waals surface area contributed by atoms with Gasteiger partial charge in [0, 0.05) is 23.0 Å². The van der Waals surface area contributed by atoms with Crippen LogP contribution in [0.25, 0.3) is 16.9 Å². The summed E-state index contributed by atoms with van der Waals surface area (Å²) in [6.07, 6.45) is 5.23. The standard InChI is InChI=1S/C15H13ClN4/c1-10-2-3-12(8-13(10)16)20-9-14(17)15(19-20)11-4-6-18-7-5-11/h2-9H,17H2,1H3. The summed E-state index contributed by atoms with van der Waals surface area (Å²) >= 11 is 6.15. The average Bonchev–Trinajstić information content (AvgIpc) is 2.85. The number of anilines is 1. The number of rotatable bonds is 2. The normalized spacial score (nSPS) is 10.7. The number of aromatic nitrogens is 3. The molecule has 1 aromatic carbocycles. The van der Waals surface area contributed by atoms with E-state index in [-0.39, 0.29) is 0 Å². The summed E-state index contributed by atoms with van der Waals surface area (Å²) in [6, 6.07) is 9.56.